The maximum absolute atomic E-state index is 12.7. The largest absolute Gasteiger partial charge is 0.493 e. The smallest absolute Gasteiger partial charge is 0.468 e. The molecule has 0 spiro atoms. The van der Waals surface area contributed by atoms with Crippen LogP contribution in [0.1, 0.15) is 23.2 Å². The van der Waals surface area contributed by atoms with E-state index in [2.05, 4.69) is 20.9 Å². The van der Waals surface area contributed by atoms with E-state index >= 15 is 0 Å². The quantitative estimate of drug-likeness (QED) is 0.623. The minimum absolute atomic E-state index is 0.0458. The Morgan fingerprint density at radius 1 is 1.45 bits per heavy atom. The van der Waals surface area contributed by atoms with Crippen LogP contribution in [-0.4, -0.2) is 22.7 Å². The molecule has 1 unspecified atom stereocenters. The summed E-state index contributed by atoms with van der Waals surface area (Å²) in [7, 11) is 1.29. The van der Waals surface area contributed by atoms with Gasteiger partial charge in [0.15, 0.2) is 17.1 Å². The molecule has 0 radical (unpaired) electrons. The van der Waals surface area contributed by atoms with Gasteiger partial charge in [0.2, 0.25) is 0 Å². The van der Waals surface area contributed by atoms with Gasteiger partial charge in [-0.3, -0.25) is 4.79 Å². The summed E-state index contributed by atoms with van der Waals surface area (Å²) in [6, 6.07) is 2.74. The summed E-state index contributed by atoms with van der Waals surface area (Å²) in [5, 5.41) is 0. The molecule has 0 aliphatic rings. The van der Waals surface area contributed by atoms with Crippen LogP contribution in [0.5, 0.6) is 5.75 Å². The second-order valence-electron chi connectivity index (χ2n) is 3.99. The lowest BCUT2D eigenvalue weighted by Gasteiger charge is -2.05. The molecule has 0 N–H and O–H groups in total. The number of fused-ring (bicyclic) bond motifs is 1. The lowest BCUT2D eigenvalue weighted by atomic mass is 10.1. The number of hydrogen-bond acceptors (Lipinski definition) is 4. The molecule has 0 saturated carbocycles. The molecule has 1 heterocycles. The van der Waals surface area contributed by atoms with Gasteiger partial charge in [0.25, 0.3) is 0 Å². The molecule has 1 aromatic heterocycles. The lowest BCUT2D eigenvalue weighted by Crippen LogP contribution is -2.11. The number of hydrogen-bond donors (Lipinski definition) is 0. The van der Waals surface area contributed by atoms with Crippen molar-refractivity contribution >= 4 is 32.8 Å². The fourth-order valence-electron chi connectivity index (χ4n) is 1.68. The summed E-state index contributed by atoms with van der Waals surface area (Å²) >= 11 is 3.08. The number of oxazole rings is 1. The van der Waals surface area contributed by atoms with E-state index in [0.717, 1.165) is 0 Å². The first-order valence-electron chi connectivity index (χ1n) is 5.48. The highest BCUT2D eigenvalue weighted by Crippen LogP contribution is 2.36. The molecule has 1 aromatic carbocycles. The Labute approximate surface area is 120 Å². The summed E-state index contributed by atoms with van der Waals surface area (Å²) in [6.45, 7) is 1.57. The molecule has 0 aliphatic heterocycles. The van der Waals surface area contributed by atoms with Crippen molar-refractivity contribution in [3.05, 3.63) is 23.6 Å². The molecule has 0 aliphatic carbocycles. The summed E-state index contributed by atoms with van der Waals surface area (Å²) in [5.74, 6) is -1.71. The lowest BCUT2D eigenvalue weighted by molar-refractivity contribution is -0.156. The number of ether oxygens (including phenoxy) is 1. The van der Waals surface area contributed by atoms with E-state index in [9.17, 15) is 18.0 Å². The number of Topliss-reactive ketones (excluding diaryl/α,β-unsaturated/α-hetero) is 1. The number of nitrogens with zero attached hydrogens (tertiary/aromatic N) is 1. The van der Waals surface area contributed by atoms with E-state index in [1.807, 2.05) is 0 Å². The summed E-state index contributed by atoms with van der Waals surface area (Å²) in [6.07, 6.45) is -4.73. The maximum atomic E-state index is 12.7. The van der Waals surface area contributed by atoms with Gasteiger partial charge in [-0.15, -0.1) is 0 Å². The highest BCUT2D eigenvalue weighted by molar-refractivity contribution is 9.10. The van der Waals surface area contributed by atoms with Crippen molar-refractivity contribution in [2.45, 2.75) is 17.9 Å². The topological polar surface area (TPSA) is 52.3 Å². The highest BCUT2D eigenvalue weighted by Gasteiger charge is 2.38. The average molecular weight is 352 g/mol. The molecule has 0 saturated heterocycles. The minimum atomic E-state index is -4.73. The van der Waals surface area contributed by atoms with Gasteiger partial charge in [-0.05, 0) is 19.1 Å². The van der Waals surface area contributed by atoms with Crippen molar-refractivity contribution < 1.29 is 27.1 Å². The standard InChI is InChI=1S/C12H9BrF3NO3/c1-5(13)9(18)6-3-4-7(19-2)10-8(6)17-11(20-10)12(14,15)16/h3-5H,1-2H3. The number of carbonyl (C=O) groups excluding carboxylic acids is 1. The molecule has 8 heteroatoms. The Morgan fingerprint density at radius 3 is 2.60 bits per heavy atom. The predicted molar refractivity (Wildman–Crippen MR) is 68.3 cm³/mol. The van der Waals surface area contributed by atoms with E-state index in [0.29, 0.717) is 0 Å². The summed E-state index contributed by atoms with van der Waals surface area (Å²) in [5.41, 5.74) is -0.309. The zero-order valence-electron chi connectivity index (χ0n) is 10.4. The Balaban J connectivity index is 2.73. The Kier molecular flexibility index (Phi) is 3.77. The van der Waals surface area contributed by atoms with Gasteiger partial charge in [0.05, 0.1) is 11.9 Å². The van der Waals surface area contributed by atoms with Crippen LogP contribution < -0.4 is 4.74 Å². The normalized spacial score (nSPS) is 13.5. The first-order chi connectivity index (χ1) is 9.25. The molecule has 0 amide bonds. The third-order valence-corrected chi connectivity index (χ3v) is 3.01. The van der Waals surface area contributed by atoms with Gasteiger partial charge in [0, 0.05) is 5.56 Å². The van der Waals surface area contributed by atoms with Crippen molar-refractivity contribution in [3.8, 4) is 5.75 Å². The molecule has 4 nitrogen and oxygen atoms in total. The van der Waals surface area contributed by atoms with E-state index in [1.165, 1.54) is 19.2 Å². The second kappa shape index (κ2) is 5.08. The molecular weight excluding hydrogens is 343 g/mol. The number of methoxy groups -OCH3 is 1. The molecule has 20 heavy (non-hydrogen) atoms. The first kappa shape index (κ1) is 14.8. The van der Waals surface area contributed by atoms with Crippen molar-refractivity contribution in [2.75, 3.05) is 7.11 Å². The van der Waals surface area contributed by atoms with Gasteiger partial charge in [-0.25, -0.2) is 4.98 Å². The van der Waals surface area contributed by atoms with E-state index in [4.69, 9.17) is 9.15 Å². The van der Waals surface area contributed by atoms with Crippen molar-refractivity contribution in [2.24, 2.45) is 0 Å². The predicted octanol–water partition coefficient (Wildman–Crippen LogP) is 3.82. The molecule has 0 fully saturated rings. The van der Waals surface area contributed by atoms with Gasteiger partial charge < -0.3 is 9.15 Å². The second-order valence-corrected chi connectivity index (χ2v) is 5.36. The number of benzene rings is 1. The number of alkyl halides is 4. The number of carbonyl (C=O) groups is 1. The van der Waals surface area contributed by atoms with Crippen LogP contribution in [0.3, 0.4) is 0 Å². The number of ketones is 1. The summed E-state index contributed by atoms with van der Waals surface area (Å²) < 4.78 is 47.6. The number of aromatic nitrogens is 1. The monoisotopic (exact) mass is 351 g/mol. The Morgan fingerprint density at radius 2 is 2.10 bits per heavy atom. The van der Waals surface area contributed by atoms with Crippen LogP contribution in [0, 0.1) is 0 Å². The Hall–Kier alpha value is -1.57. The van der Waals surface area contributed by atoms with E-state index < -0.39 is 16.9 Å². The van der Waals surface area contributed by atoms with Gasteiger partial charge in [0.1, 0.15) is 5.52 Å². The van der Waals surface area contributed by atoms with Crippen LogP contribution in [0.4, 0.5) is 13.2 Å². The van der Waals surface area contributed by atoms with E-state index in [-0.39, 0.29) is 28.2 Å². The maximum Gasteiger partial charge on any atom is 0.468 e. The van der Waals surface area contributed by atoms with Gasteiger partial charge in [-0.2, -0.15) is 13.2 Å². The van der Waals surface area contributed by atoms with E-state index in [1.54, 1.807) is 6.92 Å². The third-order valence-electron chi connectivity index (χ3n) is 2.60. The molecule has 2 rings (SSSR count). The van der Waals surface area contributed by atoms with Crippen LogP contribution in [0.2, 0.25) is 0 Å². The van der Waals surface area contributed by atoms with Crippen LogP contribution >= 0.6 is 15.9 Å². The molecule has 2 aromatic rings. The van der Waals surface area contributed by atoms with Gasteiger partial charge in [-0.1, -0.05) is 15.9 Å². The number of rotatable bonds is 3. The number of halogens is 4. The fourth-order valence-corrected chi connectivity index (χ4v) is 1.93. The fraction of sp³-hybridized carbons (Fsp3) is 0.333. The highest BCUT2D eigenvalue weighted by atomic mass is 79.9. The molecule has 1 atom stereocenters. The molecule has 0 bridgehead atoms. The molecule has 108 valence electrons. The average Bonchev–Trinajstić information content (AvgIpc) is 2.81. The third kappa shape index (κ3) is 2.52. The minimum Gasteiger partial charge on any atom is -0.493 e. The van der Waals surface area contributed by atoms with Crippen LogP contribution in [0.25, 0.3) is 11.1 Å². The van der Waals surface area contributed by atoms with Crippen molar-refractivity contribution in [1.29, 1.82) is 0 Å². The SMILES string of the molecule is COc1ccc(C(=O)C(C)Br)c2nc(C(F)(F)F)oc12. The van der Waals surface area contributed by atoms with Gasteiger partial charge >= 0.3 is 12.1 Å². The first-order valence-corrected chi connectivity index (χ1v) is 6.40. The zero-order chi connectivity index (χ0) is 15.1. The molecular formula is C12H9BrF3NO3. The Bertz CT molecular complexity index is 664. The van der Waals surface area contributed by atoms with Crippen LogP contribution in [0.15, 0.2) is 16.5 Å². The summed E-state index contributed by atoms with van der Waals surface area (Å²) in [4.78, 5) is 14.8. The van der Waals surface area contributed by atoms with Crippen LogP contribution in [-0.2, 0) is 6.18 Å². The zero-order valence-corrected chi connectivity index (χ0v) is 12.0. The van der Waals surface area contributed by atoms with Crippen molar-refractivity contribution in [1.82, 2.24) is 4.98 Å². The van der Waals surface area contributed by atoms with Crippen molar-refractivity contribution in [3.63, 3.8) is 0 Å².